The van der Waals surface area contributed by atoms with Gasteiger partial charge in [-0.3, -0.25) is 15.0 Å². The molecule has 4 nitrogen and oxygen atoms in total. The third kappa shape index (κ3) is 1.29. The highest BCUT2D eigenvalue weighted by Crippen LogP contribution is 2.29. The number of rotatable bonds is 1. The van der Waals surface area contributed by atoms with Gasteiger partial charge in [0, 0.05) is 5.56 Å². The number of H-pyrrole nitrogens is 2. The highest BCUT2D eigenvalue weighted by molar-refractivity contribution is 6.32. The smallest absolute Gasteiger partial charge is 0.283 e. The summed E-state index contributed by atoms with van der Waals surface area (Å²) < 4.78 is 0. The van der Waals surface area contributed by atoms with Gasteiger partial charge in [-0.05, 0) is 12.1 Å². The minimum atomic E-state index is -0.398. The maximum atomic E-state index is 11.0. The van der Waals surface area contributed by atoms with Gasteiger partial charge in [-0.2, -0.15) is 0 Å². The first-order valence-corrected chi connectivity index (χ1v) is 4.32. The lowest BCUT2D eigenvalue weighted by Crippen LogP contribution is -1.97. The molecular weight excluding hydrogens is 204 g/mol. The van der Waals surface area contributed by atoms with Crippen molar-refractivity contribution >= 4 is 11.6 Å². The summed E-state index contributed by atoms with van der Waals surface area (Å²) >= 11 is 5.73. The van der Waals surface area contributed by atoms with E-state index in [9.17, 15) is 9.90 Å². The Morgan fingerprint density at radius 2 is 1.93 bits per heavy atom. The van der Waals surface area contributed by atoms with Crippen LogP contribution in [0.15, 0.2) is 29.1 Å². The lowest BCUT2D eigenvalue weighted by atomic mass is 10.1. The molecule has 1 aromatic heterocycles. The van der Waals surface area contributed by atoms with E-state index in [2.05, 4.69) is 10.2 Å². The van der Waals surface area contributed by atoms with E-state index >= 15 is 0 Å². The zero-order valence-corrected chi connectivity index (χ0v) is 7.80. The third-order valence-electron chi connectivity index (χ3n) is 1.89. The molecule has 0 radical (unpaired) electrons. The van der Waals surface area contributed by atoms with Crippen LogP contribution in [-0.2, 0) is 0 Å². The van der Waals surface area contributed by atoms with Gasteiger partial charge in [-0.25, -0.2) is 0 Å². The van der Waals surface area contributed by atoms with Gasteiger partial charge in [0.1, 0.15) is 10.8 Å². The normalized spacial score (nSPS) is 10.4. The molecule has 0 fully saturated rings. The molecule has 0 saturated carbocycles. The van der Waals surface area contributed by atoms with Gasteiger partial charge < -0.3 is 5.11 Å². The third-order valence-corrected chi connectivity index (χ3v) is 2.25. The molecule has 72 valence electrons. The second-order valence-electron chi connectivity index (χ2n) is 2.79. The summed E-state index contributed by atoms with van der Waals surface area (Å²) in [6.07, 6.45) is 0. The molecule has 0 amide bonds. The monoisotopic (exact) mass is 210 g/mol. The summed E-state index contributed by atoms with van der Waals surface area (Å²) in [5.74, 6) is 0.0738. The fraction of sp³-hybridized carbons (Fsp3) is 0. The second-order valence-corrected chi connectivity index (χ2v) is 3.16. The van der Waals surface area contributed by atoms with E-state index in [-0.39, 0.29) is 10.8 Å². The van der Waals surface area contributed by atoms with Gasteiger partial charge in [-0.1, -0.05) is 23.7 Å². The quantitative estimate of drug-likeness (QED) is 0.671. The molecule has 14 heavy (non-hydrogen) atoms. The molecule has 0 unspecified atom stereocenters. The van der Waals surface area contributed by atoms with Crippen molar-refractivity contribution in [2.45, 2.75) is 0 Å². The first-order valence-electron chi connectivity index (χ1n) is 3.94. The summed E-state index contributed by atoms with van der Waals surface area (Å²) in [7, 11) is 0. The molecule has 0 bridgehead atoms. The Morgan fingerprint density at radius 3 is 2.50 bits per heavy atom. The largest absolute Gasteiger partial charge is 0.507 e. The van der Waals surface area contributed by atoms with E-state index in [0.29, 0.717) is 11.3 Å². The Labute approximate surface area is 84.1 Å². The van der Waals surface area contributed by atoms with Gasteiger partial charge in [0.15, 0.2) is 0 Å². The summed E-state index contributed by atoms with van der Waals surface area (Å²) in [5.41, 5.74) is 0.496. The molecule has 1 heterocycles. The van der Waals surface area contributed by atoms with Crippen LogP contribution in [0.25, 0.3) is 11.3 Å². The Kier molecular flexibility index (Phi) is 2.05. The van der Waals surface area contributed by atoms with Crippen molar-refractivity contribution in [3.63, 3.8) is 0 Å². The van der Waals surface area contributed by atoms with Crippen LogP contribution >= 0.6 is 11.6 Å². The van der Waals surface area contributed by atoms with Crippen molar-refractivity contribution in [1.82, 2.24) is 10.2 Å². The van der Waals surface area contributed by atoms with E-state index < -0.39 is 5.56 Å². The first kappa shape index (κ1) is 8.90. The molecule has 0 spiro atoms. The molecule has 0 aliphatic rings. The average Bonchev–Trinajstić information content (AvgIpc) is 2.49. The lowest BCUT2D eigenvalue weighted by molar-refractivity contribution is 0.477. The topological polar surface area (TPSA) is 68.9 Å². The van der Waals surface area contributed by atoms with Crippen molar-refractivity contribution in [1.29, 1.82) is 0 Å². The fourth-order valence-corrected chi connectivity index (χ4v) is 1.41. The zero-order chi connectivity index (χ0) is 10.1. The summed E-state index contributed by atoms with van der Waals surface area (Å²) in [4.78, 5) is 11.0. The Hall–Kier alpha value is -1.68. The SMILES string of the molecule is O=c1[nH][nH]c(-c2ccccc2O)c1Cl. The molecule has 0 atom stereocenters. The van der Waals surface area contributed by atoms with Gasteiger partial charge in [0.05, 0.1) is 5.69 Å². The number of aromatic hydroxyl groups is 1. The van der Waals surface area contributed by atoms with Gasteiger partial charge >= 0.3 is 0 Å². The number of aromatic nitrogens is 2. The number of nitrogens with one attached hydrogen (secondary N) is 2. The van der Waals surface area contributed by atoms with Crippen molar-refractivity contribution < 1.29 is 5.11 Å². The van der Waals surface area contributed by atoms with Gasteiger partial charge in [-0.15, -0.1) is 0 Å². The number of phenolic OH excluding ortho intramolecular Hbond substituents is 1. The number of hydrogen-bond acceptors (Lipinski definition) is 2. The van der Waals surface area contributed by atoms with Crippen LogP contribution < -0.4 is 5.56 Å². The summed E-state index contributed by atoms with van der Waals surface area (Å²) in [6.45, 7) is 0. The number of hydrogen-bond donors (Lipinski definition) is 3. The highest BCUT2D eigenvalue weighted by Gasteiger charge is 2.11. The first-order chi connectivity index (χ1) is 6.70. The van der Waals surface area contributed by atoms with E-state index in [1.807, 2.05) is 0 Å². The van der Waals surface area contributed by atoms with E-state index in [1.165, 1.54) is 6.07 Å². The van der Waals surface area contributed by atoms with Crippen LogP contribution in [0.3, 0.4) is 0 Å². The molecule has 2 rings (SSSR count). The lowest BCUT2D eigenvalue weighted by Gasteiger charge is -2.00. The molecule has 0 saturated heterocycles. The molecule has 5 heteroatoms. The number of aromatic amines is 2. The van der Waals surface area contributed by atoms with Gasteiger partial charge in [0.25, 0.3) is 5.56 Å². The molecule has 0 aliphatic heterocycles. The van der Waals surface area contributed by atoms with Crippen molar-refractivity contribution in [3.05, 3.63) is 39.6 Å². The van der Waals surface area contributed by atoms with Crippen LogP contribution in [0, 0.1) is 0 Å². The summed E-state index contributed by atoms with van der Waals surface area (Å²) in [5, 5.41) is 14.5. The van der Waals surface area contributed by atoms with Crippen molar-refractivity contribution in [3.8, 4) is 17.0 Å². The number of phenols is 1. The number of para-hydroxylation sites is 1. The van der Waals surface area contributed by atoms with Crippen LogP contribution in [0.4, 0.5) is 0 Å². The maximum Gasteiger partial charge on any atom is 0.283 e. The van der Waals surface area contributed by atoms with E-state index in [0.717, 1.165) is 0 Å². The molecule has 1 aromatic carbocycles. The standard InChI is InChI=1S/C9H7ClN2O2/c10-7-8(11-12-9(7)14)5-3-1-2-4-6(5)13/h1-4,13H,(H2,11,12,14). The summed E-state index contributed by atoms with van der Waals surface area (Å²) in [6, 6.07) is 6.63. The predicted molar refractivity (Wildman–Crippen MR) is 53.5 cm³/mol. The van der Waals surface area contributed by atoms with Crippen LogP contribution in [0.1, 0.15) is 0 Å². The fourth-order valence-electron chi connectivity index (χ4n) is 1.21. The Bertz CT molecular complexity index is 516. The van der Waals surface area contributed by atoms with Crippen molar-refractivity contribution in [2.24, 2.45) is 0 Å². The molecule has 2 aromatic rings. The van der Waals surface area contributed by atoms with Crippen LogP contribution in [0.2, 0.25) is 5.02 Å². The number of halogens is 1. The zero-order valence-electron chi connectivity index (χ0n) is 7.04. The van der Waals surface area contributed by atoms with Crippen LogP contribution in [-0.4, -0.2) is 15.3 Å². The number of benzene rings is 1. The Balaban J connectivity index is 2.66. The van der Waals surface area contributed by atoms with Crippen LogP contribution in [0.5, 0.6) is 5.75 Å². The van der Waals surface area contributed by atoms with Crippen molar-refractivity contribution in [2.75, 3.05) is 0 Å². The van der Waals surface area contributed by atoms with Gasteiger partial charge in [0.2, 0.25) is 0 Å². The molecule has 0 aliphatic carbocycles. The Morgan fingerprint density at radius 1 is 1.21 bits per heavy atom. The minimum absolute atomic E-state index is 0.0477. The average molecular weight is 211 g/mol. The predicted octanol–water partition coefficient (Wildman–Crippen LogP) is 1.73. The minimum Gasteiger partial charge on any atom is -0.507 e. The highest BCUT2D eigenvalue weighted by atomic mass is 35.5. The van der Waals surface area contributed by atoms with E-state index in [1.54, 1.807) is 18.2 Å². The molecular formula is C9H7ClN2O2. The van der Waals surface area contributed by atoms with E-state index in [4.69, 9.17) is 11.6 Å². The second kappa shape index (κ2) is 3.23. The maximum absolute atomic E-state index is 11.0. The molecule has 3 N–H and O–H groups in total.